The number of benzene rings is 1. The average molecular weight is 181 g/mol. The normalized spacial score (nSPS) is 10.7. The van der Waals surface area contributed by atoms with Gasteiger partial charge in [0.15, 0.2) is 0 Å². The fourth-order valence-electron chi connectivity index (χ4n) is 0.964. The Morgan fingerprint density at radius 2 is 2.00 bits per heavy atom. The summed E-state index contributed by atoms with van der Waals surface area (Å²) in [5, 5.41) is 0.618. The molecule has 2 heteroatoms. The fraction of sp³-hybridized carbons (Fsp3) is 0.400. The van der Waals surface area contributed by atoms with Crippen LogP contribution in [0.2, 0.25) is 0 Å². The van der Waals surface area contributed by atoms with E-state index in [1.807, 2.05) is 24.8 Å². The Hall–Kier alpha value is -0.630. The zero-order valence-corrected chi connectivity index (χ0v) is 8.61. The smallest absolute Gasteiger partial charge is 0.0354 e. The maximum atomic E-state index is 5.78. The Morgan fingerprint density at radius 3 is 2.50 bits per heavy atom. The predicted octanol–water partition coefficient (Wildman–Crippen LogP) is 3.08. The molecule has 12 heavy (non-hydrogen) atoms. The Balaban J connectivity index is 2.82. The standard InChI is InChI=1S/C10H15NS/c1-7(2)12-9-5-4-8(3)10(11)6-9/h4-7H,11H2,1-3H3. The lowest BCUT2D eigenvalue weighted by atomic mass is 10.2. The van der Waals surface area contributed by atoms with Crippen LogP contribution in [0.3, 0.4) is 0 Å². The highest BCUT2D eigenvalue weighted by Gasteiger charge is 1.99. The largest absolute Gasteiger partial charge is 0.398 e. The van der Waals surface area contributed by atoms with Gasteiger partial charge in [0, 0.05) is 15.8 Å². The number of thioether (sulfide) groups is 1. The molecule has 0 aromatic heterocycles. The van der Waals surface area contributed by atoms with Gasteiger partial charge in [-0.1, -0.05) is 19.9 Å². The van der Waals surface area contributed by atoms with Gasteiger partial charge in [-0.15, -0.1) is 11.8 Å². The minimum Gasteiger partial charge on any atom is -0.398 e. The van der Waals surface area contributed by atoms with Crippen molar-refractivity contribution in [2.75, 3.05) is 5.73 Å². The summed E-state index contributed by atoms with van der Waals surface area (Å²) in [6.07, 6.45) is 0. The minimum atomic E-state index is 0.618. The van der Waals surface area contributed by atoms with E-state index in [4.69, 9.17) is 5.73 Å². The molecule has 0 heterocycles. The molecule has 0 bridgehead atoms. The van der Waals surface area contributed by atoms with Crippen molar-refractivity contribution in [3.63, 3.8) is 0 Å². The maximum Gasteiger partial charge on any atom is 0.0354 e. The maximum absolute atomic E-state index is 5.78. The van der Waals surface area contributed by atoms with Gasteiger partial charge in [-0.05, 0) is 24.6 Å². The first-order valence-corrected chi connectivity index (χ1v) is 5.00. The molecule has 0 aliphatic heterocycles. The lowest BCUT2D eigenvalue weighted by Gasteiger charge is -2.06. The van der Waals surface area contributed by atoms with Gasteiger partial charge in [-0.2, -0.15) is 0 Å². The second kappa shape index (κ2) is 3.85. The van der Waals surface area contributed by atoms with E-state index in [1.165, 1.54) is 4.90 Å². The summed E-state index contributed by atoms with van der Waals surface area (Å²) in [6, 6.07) is 6.23. The van der Waals surface area contributed by atoms with E-state index in [0.29, 0.717) is 5.25 Å². The lowest BCUT2D eigenvalue weighted by molar-refractivity contribution is 1.11. The zero-order chi connectivity index (χ0) is 9.14. The zero-order valence-electron chi connectivity index (χ0n) is 7.79. The summed E-state index contributed by atoms with van der Waals surface area (Å²) >= 11 is 1.84. The minimum absolute atomic E-state index is 0.618. The van der Waals surface area contributed by atoms with Crippen molar-refractivity contribution in [1.29, 1.82) is 0 Å². The number of aryl methyl sites for hydroxylation is 1. The van der Waals surface area contributed by atoms with E-state index >= 15 is 0 Å². The van der Waals surface area contributed by atoms with Crippen molar-refractivity contribution in [3.8, 4) is 0 Å². The Bertz CT molecular complexity index is 269. The summed E-state index contributed by atoms with van der Waals surface area (Å²) in [6.45, 7) is 6.39. The third-order valence-corrected chi connectivity index (χ3v) is 2.62. The van der Waals surface area contributed by atoms with Gasteiger partial charge < -0.3 is 5.73 Å². The van der Waals surface area contributed by atoms with Gasteiger partial charge in [0.1, 0.15) is 0 Å². The van der Waals surface area contributed by atoms with E-state index in [-0.39, 0.29) is 0 Å². The molecule has 0 aliphatic rings. The van der Waals surface area contributed by atoms with Gasteiger partial charge in [-0.3, -0.25) is 0 Å². The van der Waals surface area contributed by atoms with Gasteiger partial charge in [0.2, 0.25) is 0 Å². The van der Waals surface area contributed by atoms with Crippen molar-refractivity contribution >= 4 is 17.4 Å². The number of nitrogen functional groups attached to an aromatic ring is 1. The number of rotatable bonds is 2. The van der Waals surface area contributed by atoms with Crippen molar-refractivity contribution in [2.45, 2.75) is 30.9 Å². The first-order valence-electron chi connectivity index (χ1n) is 4.12. The molecular weight excluding hydrogens is 166 g/mol. The van der Waals surface area contributed by atoms with Crippen LogP contribution >= 0.6 is 11.8 Å². The van der Waals surface area contributed by atoms with Crippen LogP contribution in [0.4, 0.5) is 5.69 Å². The van der Waals surface area contributed by atoms with Gasteiger partial charge in [0.05, 0.1) is 0 Å². The van der Waals surface area contributed by atoms with Crippen LogP contribution in [0.15, 0.2) is 23.1 Å². The first kappa shape index (κ1) is 9.46. The van der Waals surface area contributed by atoms with Crippen molar-refractivity contribution in [3.05, 3.63) is 23.8 Å². The lowest BCUT2D eigenvalue weighted by Crippen LogP contribution is -1.91. The fourth-order valence-corrected chi connectivity index (χ4v) is 1.85. The third-order valence-electron chi connectivity index (χ3n) is 1.62. The van der Waals surface area contributed by atoms with Crippen molar-refractivity contribution in [1.82, 2.24) is 0 Å². The molecule has 0 saturated heterocycles. The van der Waals surface area contributed by atoms with Crippen LogP contribution in [0, 0.1) is 6.92 Å². The van der Waals surface area contributed by atoms with E-state index in [9.17, 15) is 0 Å². The second-order valence-corrected chi connectivity index (χ2v) is 4.83. The van der Waals surface area contributed by atoms with Crippen LogP contribution < -0.4 is 5.73 Å². The summed E-state index contributed by atoms with van der Waals surface area (Å²) in [7, 11) is 0. The van der Waals surface area contributed by atoms with Gasteiger partial charge in [-0.25, -0.2) is 0 Å². The van der Waals surface area contributed by atoms with Gasteiger partial charge >= 0.3 is 0 Å². The van der Waals surface area contributed by atoms with Crippen LogP contribution in [0.1, 0.15) is 19.4 Å². The van der Waals surface area contributed by atoms with Crippen LogP contribution in [-0.4, -0.2) is 5.25 Å². The molecule has 1 aromatic carbocycles. The summed E-state index contributed by atoms with van der Waals surface area (Å²) in [5.74, 6) is 0. The Kier molecular flexibility index (Phi) is 3.04. The predicted molar refractivity (Wildman–Crippen MR) is 56.6 cm³/mol. The van der Waals surface area contributed by atoms with Crippen molar-refractivity contribution < 1.29 is 0 Å². The first-order chi connectivity index (χ1) is 5.59. The molecule has 66 valence electrons. The van der Waals surface area contributed by atoms with Gasteiger partial charge in [0.25, 0.3) is 0 Å². The van der Waals surface area contributed by atoms with Crippen LogP contribution in [0.25, 0.3) is 0 Å². The van der Waals surface area contributed by atoms with Crippen LogP contribution in [0.5, 0.6) is 0 Å². The van der Waals surface area contributed by atoms with Crippen LogP contribution in [-0.2, 0) is 0 Å². The second-order valence-electron chi connectivity index (χ2n) is 3.19. The molecule has 0 atom stereocenters. The Labute approximate surface area is 78.4 Å². The molecule has 0 amide bonds. The monoisotopic (exact) mass is 181 g/mol. The summed E-state index contributed by atoms with van der Waals surface area (Å²) < 4.78 is 0. The third kappa shape index (κ3) is 2.45. The molecule has 0 spiro atoms. The highest BCUT2D eigenvalue weighted by Crippen LogP contribution is 2.25. The molecule has 1 aromatic rings. The Morgan fingerprint density at radius 1 is 1.33 bits per heavy atom. The molecule has 0 unspecified atom stereocenters. The average Bonchev–Trinajstić information content (AvgIpc) is 1.96. The molecule has 0 fully saturated rings. The van der Waals surface area contributed by atoms with E-state index in [2.05, 4.69) is 26.0 Å². The number of hydrogen-bond acceptors (Lipinski definition) is 2. The number of nitrogens with two attached hydrogens (primary N) is 1. The van der Waals surface area contributed by atoms with E-state index in [0.717, 1.165) is 11.3 Å². The highest BCUT2D eigenvalue weighted by atomic mass is 32.2. The molecule has 1 nitrogen and oxygen atoms in total. The molecular formula is C10H15NS. The molecule has 1 rings (SSSR count). The molecule has 0 aliphatic carbocycles. The SMILES string of the molecule is Cc1ccc(SC(C)C)cc1N. The van der Waals surface area contributed by atoms with E-state index < -0.39 is 0 Å². The van der Waals surface area contributed by atoms with Crippen molar-refractivity contribution in [2.24, 2.45) is 0 Å². The number of hydrogen-bond donors (Lipinski definition) is 1. The van der Waals surface area contributed by atoms with E-state index in [1.54, 1.807) is 0 Å². The topological polar surface area (TPSA) is 26.0 Å². The molecule has 2 N–H and O–H groups in total. The molecule has 0 radical (unpaired) electrons. The number of anilines is 1. The summed E-state index contributed by atoms with van der Waals surface area (Å²) in [4.78, 5) is 1.26. The summed E-state index contributed by atoms with van der Waals surface area (Å²) in [5.41, 5.74) is 7.83. The highest BCUT2D eigenvalue weighted by molar-refractivity contribution is 7.99. The quantitative estimate of drug-likeness (QED) is 0.560. The molecule has 0 saturated carbocycles.